The fraction of sp³-hybridized carbons (Fsp3) is 0.444. The summed E-state index contributed by atoms with van der Waals surface area (Å²) in [7, 11) is 1.55. The van der Waals surface area contributed by atoms with Crippen LogP contribution in [0.25, 0.3) is 5.57 Å². The number of amides is 2. The molecule has 130 valence electrons. The Morgan fingerprint density at radius 2 is 1.79 bits per heavy atom. The molecule has 1 heterocycles. The standard InChI is InChI=1S/C18H23NO4S/c1-5-24-16-15(17(20)19(18(16)21)10-11-22-4)13-6-8-14(9-7-13)23-12(2)3/h6-9,12H,5,10-11H2,1-4H3. The minimum atomic E-state index is -0.259. The SMILES string of the molecule is CCSC1=C(c2ccc(OC(C)C)cc2)C(=O)N(CCOC)C1=O. The van der Waals surface area contributed by atoms with Gasteiger partial charge in [-0.3, -0.25) is 14.5 Å². The molecule has 24 heavy (non-hydrogen) atoms. The number of methoxy groups -OCH3 is 1. The van der Waals surface area contributed by atoms with Gasteiger partial charge in [0.05, 0.1) is 29.7 Å². The van der Waals surface area contributed by atoms with Crippen LogP contribution in [0.5, 0.6) is 5.75 Å². The van der Waals surface area contributed by atoms with Crippen molar-refractivity contribution in [3.8, 4) is 5.75 Å². The Kier molecular flexibility index (Phi) is 6.45. The minimum Gasteiger partial charge on any atom is -0.491 e. The van der Waals surface area contributed by atoms with E-state index >= 15 is 0 Å². The molecule has 0 unspecified atom stereocenters. The second kappa shape index (κ2) is 8.35. The third kappa shape index (κ3) is 3.99. The van der Waals surface area contributed by atoms with Gasteiger partial charge in [0.25, 0.3) is 11.8 Å². The molecule has 0 atom stereocenters. The van der Waals surface area contributed by atoms with Gasteiger partial charge in [0.15, 0.2) is 0 Å². The van der Waals surface area contributed by atoms with E-state index in [1.807, 2.05) is 45.0 Å². The molecule has 0 spiro atoms. The van der Waals surface area contributed by atoms with E-state index in [0.29, 0.717) is 17.1 Å². The number of carbonyl (C=O) groups excluding carboxylic acids is 2. The van der Waals surface area contributed by atoms with E-state index in [1.165, 1.54) is 16.7 Å². The van der Waals surface area contributed by atoms with Crippen LogP contribution in [0, 0.1) is 0 Å². The van der Waals surface area contributed by atoms with E-state index in [-0.39, 0.29) is 24.5 Å². The van der Waals surface area contributed by atoms with Gasteiger partial charge >= 0.3 is 0 Å². The van der Waals surface area contributed by atoms with Crippen molar-refractivity contribution in [2.45, 2.75) is 26.9 Å². The van der Waals surface area contributed by atoms with Crippen LogP contribution in [0.15, 0.2) is 29.2 Å². The summed E-state index contributed by atoms with van der Waals surface area (Å²) in [5, 5.41) is 0. The van der Waals surface area contributed by atoms with Gasteiger partial charge in [-0.2, -0.15) is 0 Å². The van der Waals surface area contributed by atoms with Crippen LogP contribution >= 0.6 is 11.8 Å². The number of hydrogen-bond donors (Lipinski definition) is 0. The smallest absolute Gasteiger partial charge is 0.268 e. The molecule has 0 fully saturated rings. The molecule has 0 aromatic heterocycles. The molecule has 0 aliphatic carbocycles. The van der Waals surface area contributed by atoms with Crippen LogP contribution in [0.1, 0.15) is 26.3 Å². The average molecular weight is 349 g/mol. The lowest BCUT2D eigenvalue weighted by atomic mass is 10.1. The van der Waals surface area contributed by atoms with Gasteiger partial charge < -0.3 is 9.47 Å². The average Bonchev–Trinajstić information content (AvgIpc) is 2.77. The first-order chi connectivity index (χ1) is 11.5. The third-order valence-electron chi connectivity index (χ3n) is 3.45. The molecular formula is C18H23NO4S. The first-order valence-corrected chi connectivity index (χ1v) is 8.97. The highest BCUT2D eigenvalue weighted by Crippen LogP contribution is 2.36. The Hall–Kier alpha value is -1.79. The zero-order valence-corrected chi connectivity index (χ0v) is 15.3. The summed E-state index contributed by atoms with van der Waals surface area (Å²) < 4.78 is 10.6. The van der Waals surface area contributed by atoms with Gasteiger partial charge in [0.1, 0.15) is 5.75 Å². The highest BCUT2D eigenvalue weighted by atomic mass is 32.2. The minimum absolute atomic E-state index is 0.0838. The highest BCUT2D eigenvalue weighted by molar-refractivity contribution is 8.04. The lowest BCUT2D eigenvalue weighted by Gasteiger charge is -2.14. The Morgan fingerprint density at radius 1 is 1.12 bits per heavy atom. The molecule has 1 aliphatic rings. The van der Waals surface area contributed by atoms with E-state index in [2.05, 4.69) is 0 Å². The van der Waals surface area contributed by atoms with Crippen LogP contribution in [0.2, 0.25) is 0 Å². The molecule has 0 bridgehead atoms. The molecule has 5 nitrogen and oxygen atoms in total. The van der Waals surface area contributed by atoms with Gasteiger partial charge in [-0.15, -0.1) is 11.8 Å². The van der Waals surface area contributed by atoms with E-state index in [1.54, 1.807) is 7.11 Å². The predicted molar refractivity (Wildman–Crippen MR) is 95.9 cm³/mol. The number of thioether (sulfide) groups is 1. The molecule has 1 aromatic carbocycles. The third-order valence-corrected chi connectivity index (χ3v) is 4.40. The Morgan fingerprint density at radius 3 is 2.33 bits per heavy atom. The van der Waals surface area contributed by atoms with Crippen molar-refractivity contribution in [3.05, 3.63) is 34.7 Å². The largest absolute Gasteiger partial charge is 0.491 e. The van der Waals surface area contributed by atoms with Gasteiger partial charge in [-0.1, -0.05) is 19.1 Å². The van der Waals surface area contributed by atoms with Crippen molar-refractivity contribution in [1.29, 1.82) is 0 Å². The van der Waals surface area contributed by atoms with Crippen LogP contribution < -0.4 is 4.74 Å². The van der Waals surface area contributed by atoms with Crippen LogP contribution in [0.3, 0.4) is 0 Å². The predicted octanol–water partition coefficient (Wildman–Crippen LogP) is 2.95. The van der Waals surface area contributed by atoms with Gasteiger partial charge in [-0.25, -0.2) is 0 Å². The first-order valence-electron chi connectivity index (χ1n) is 7.98. The van der Waals surface area contributed by atoms with Crippen molar-refractivity contribution in [2.24, 2.45) is 0 Å². The van der Waals surface area contributed by atoms with E-state index in [9.17, 15) is 9.59 Å². The lowest BCUT2D eigenvalue weighted by molar-refractivity contribution is -0.137. The number of carbonyl (C=O) groups is 2. The summed E-state index contributed by atoms with van der Waals surface area (Å²) in [6, 6.07) is 7.31. The summed E-state index contributed by atoms with van der Waals surface area (Å²) >= 11 is 1.40. The zero-order chi connectivity index (χ0) is 17.7. The van der Waals surface area contributed by atoms with Gasteiger partial charge in [0.2, 0.25) is 0 Å². The van der Waals surface area contributed by atoms with Crippen molar-refractivity contribution in [3.63, 3.8) is 0 Å². The molecule has 1 aliphatic heterocycles. The Balaban J connectivity index is 2.33. The topological polar surface area (TPSA) is 55.8 Å². The molecule has 0 saturated carbocycles. The number of ether oxygens (including phenoxy) is 2. The molecule has 1 aromatic rings. The number of imide groups is 1. The van der Waals surface area contributed by atoms with E-state index < -0.39 is 0 Å². The Labute approximate surface area is 147 Å². The highest BCUT2D eigenvalue weighted by Gasteiger charge is 2.38. The van der Waals surface area contributed by atoms with Crippen LogP contribution in [0.4, 0.5) is 0 Å². The van der Waals surface area contributed by atoms with Crippen LogP contribution in [-0.2, 0) is 14.3 Å². The molecule has 0 saturated heterocycles. The van der Waals surface area contributed by atoms with Crippen molar-refractivity contribution >= 4 is 29.1 Å². The fourth-order valence-corrected chi connectivity index (χ4v) is 3.32. The lowest BCUT2D eigenvalue weighted by Crippen LogP contribution is -2.34. The maximum absolute atomic E-state index is 12.7. The molecule has 2 rings (SSSR count). The number of nitrogens with zero attached hydrogens (tertiary/aromatic N) is 1. The Bertz CT molecular complexity index is 637. The van der Waals surface area contributed by atoms with Gasteiger partial charge in [-0.05, 0) is 37.3 Å². The molecule has 0 N–H and O–H groups in total. The second-order valence-corrected chi connectivity index (χ2v) is 6.86. The summed E-state index contributed by atoms with van der Waals surface area (Å²) in [5.41, 5.74) is 1.21. The van der Waals surface area contributed by atoms with Crippen molar-refractivity contribution in [1.82, 2.24) is 4.90 Å². The molecule has 6 heteroatoms. The fourth-order valence-electron chi connectivity index (χ4n) is 2.44. The van der Waals surface area contributed by atoms with E-state index in [0.717, 1.165) is 17.1 Å². The quantitative estimate of drug-likeness (QED) is 0.676. The normalized spacial score (nSPS) is 15.0. The number of benzene rings is 1. The second-order valence-electron chi connectivity index (χ2n) is 5.58. The molecule has 0 radical (unpaired) electrons. The monoisotopic (exact) mass is 349 g/mol. The summed E-state index contributed by atoms with van der Waals surface area (Å²) in [5.74, 6) is 0.976. The van der Waals surface area contributed by atoms with Crippen LogP contribution in [-0.4, -0.2) is 48.8 Å². The molecular weight excluding hydrogens is 326 g/mol. The maximum atomic E-state index is 12.7. The zero-order valence-electron chi connectivity index (χ0n) is 14.5. The number of hydrogen-bond acceptors (Lipinski definition) is 5. The number of rotatable bonds is 8. The molecule has 2 amide bonds. The first kappa shape index (κ1) is 18.5. The van der Waals surface area contributed by atoms with Gasteiger partial charge in [0, 0.05) is 7.11 Å². The maximum Gasteiger partial charge on any atom is 0.268 e. The van der Waals surface area contributed by atoms with E-state index in [4.69, 9.17) is 9.47 Å². The van der Waals surface area contributed by atoms with Crippen molar-refractivity contribution < 1.29 is 19.1 Å². The summed E-state index contributed by atoms with van der Waals surface area (Å²) in [4.78, 5) is 27.0. The van der Waals surface area contributed by atoms with Crippen molar-refractivity contribution in [2.75, 3.05) is 26.0 Å². The summed E-state index contributed by atoms with van der Waals surface area (Å²) in [6.07, 6.45) is 0.0838. The summed E-state index contributed by atoms with van der Waals surface area (Å²) in [6.45, 7) is 6.47.